The number of amides is 1. The molecule has 1 spiro atoms. The number of ether oxygens (including phenoxy) is 1. The Balaban J connectivity index is 1.11. The second-order valence-corrected chi connectivity index (χ2v) is 9.76. The first-order valence-electron chi connectivity index (χ1n) is 11.7. The minimum absolute atomic E-state index is 0.128. The van der Waals surface area contributed by atoms with Crippen molar-refractivity contribution in [3.63, 3.8) is 0 Å². The lowest BCUT2D eigenvalue weighted by Crippen LogP contribution is -2.56. The van der Waals surface area contributed by atoms with Gasteiger partial charge in [-0.15, -0.1) is 5.10 Å². The quantitative estimate of drug-likeness (QED) is 0.739. The molecule has 1 saturated carbocycles. The molecule has 5 rings (SSSR count). The number of tetrazole rings is 1. The van der Waals surface area contributed by atoms with Crippen molar-refractivity contribution in [1.29, 1.82) is 0 Å². The van der Waals surface area contributed by atoms with Gasteiger partial charge in [0, 0.05) is 32.2 Å². The van der Waals surface area contributed by atoms with Crippen LogP contribution in [0.15, 0.2) is 0 Å². The van der Waals surface area contributed by atoms with Gasteiger partial charge >= 0.3 is 6.09 Å². The van der Waals surface area contributed by atoms with Gasteiger partial charge in [0.05, 0.1) is 12.6 Å². The van der Waals surface area contributed by atoms with Gasteiger partial charge in [-0.25, -0.2) is 9.48 Å². The molecule has 30 heavy (non-hydrogen) atoms. The molecule has 0 bridgehead atoms. The molecule has 1 aromatic rings. The van der Waals surface area contributed by atoms with Crippen LogP contribution in [0.4, 0.5) is 4.79 Å². The normalized spacial score (nSPS) is 33.3. The summed E-state index contributed by atoms with van der Waals surface area (Å²) in [4.78, 5) is 19.3. The maximum Gasteiger partial charge on any atom is 0.409 e. The summed E-state index contributed by atoms with van der Waals surface area (Å²) >= 11 is 0. The van der Waals surface area contributed by atoms with E-state index >= 15 is 0 Å². The van der Waals surface area contributed by atoms with E-state index in [0.717, 1.165) is 31.8 Å². The second kappa shape index (κ2) is 8.07. The Morgan fingerprint density at radius 3 is 2.63 bits per heavy atom. The predicted molar refractivity (Wildman–Crippen MR) is 111 cm³/mol. The van der Waals surface area contributed by atoms with Crippen LogP contribution in [0.1, 0.15) is 63.7 Å². The lowest BCUT2D eigenvalue weighted by atomic mass is 9.64. The Kier molecular flexibility index (Phi) is 5.43. The molecule has 3 aliphatic heterocycles. The predicted octanol–water partition coefficient (Wildman–Crippen LogP) is 1.82. The molecular formula is C21H35N7O2. The molecule has 4 fully saturated rings. The highest BCUT2D eigenvalue weighted by Crippen LogP contribution is 2.50. The van der Waals surface area contributed by atoms with Gasteiger partial charge < -0.3 is 14.5 Å². The standard InChI is InChI=1S/C21H35N7O2/c1-3-30-20(29)27-12-8-21(15-27)13-17(14-21)26-10-6-16(7-11-26)28-9-4-5-18(28)19-22-23-24-25(19)2/h16-18H,3-15H2,1-2H3. The van der Waals surface area contributed by atoms with Gasteiger partial charge in [-0.1, -0.05) is 0 Å². The van der Waals surface area contributed by atoms with Crippen LogP contribution in [-0.2, 0) is 11.8 Å². The molecular weight excluding hydrogens is 382 g/mol. The van der Waals surface area contributed by atoms with E-state index < -0.39 is 0 Å². The van der Waals surface area contributed by atoms with E-state index in [1.165, 1.54) is 51.7 Å². The molecule has 166 valence electrons. The van der Waals surface area contributed by atoms with Crippen LogP contribution in [0.2, 0.25) is 0 Å². The fourth-order valence-electron chi connectivity index (χ4n) is 6.44. The minimum atomic E-state index is -0.128. The molecule has 1 unspecified atom stereocenters. The van der Waals surface area contributed by atoms with Gasteiger partial charge in [0.15, 0.2) is 5.82 Å². The Hall–Kier alpha value is -1.74. The van der Waals surface area contributed by atoms with E-state index in [1.807, 2.05) is 23.6 Å². The van der Waals surface area contributed by atoms with Crippen molar-refractivity contribution in [2.75, 3.05) is 39.3 Å². The van der Waals surface area contributed by atoms with Gasteiger partial charge in [0.2, 0.25) is 0 Å². The van der Waals surface area contributed by atoms with Crippen LogP contribution >= 0.6 is 0 Å². The van der Waals surface area contributed by atoms with Crippen molar-refractivity contribution in [2.24, 2.45) is 12.5 Å². The SMILES string of the molecule is CCOC(=O)N1CCC2(CC(N3CCC(N4CCCC4c4nnnn4C)CC3)C2)C1. The summed E-state index contributed by atoms with van der Waals surface area (Å²) in [6, 6.07) is 1.72. The smallest absolute Gasteiger partial charge is 0.409 e. The Morgan fingerprint density at radius 1 is 1.13 bits per heavy atom. The number of carbonyl (C=O) groups excluding carboxylic acids is 1. The molecule has 1 atom stereocenters. The van der Waals surface area contributed by atoms with E-state index in [0.29, 0.717) is 30.1 Å². The zero-order valence-corrected chi connectivity index (χ0v) is 18.4. The van der Waals surface area contributed by atoms with E-state index in [2.05, 4.69) is 25.3 Å². The fraction of sp³-hybridized carbons (Fsp3) is 0.905. The minimum Gasteiger partial charge on any atom is -0.450 e. The van der Waals surface area contributed by atoms with E-state index in [4.69, 9.17) is 4.74 Å². The van der Waals surface area contributed by atoms with Gasteiger partial charge in [-0.05, 0) is 87.3 Å². The number of carbonyl (C=O) groups is 1. The monoisotopic (exact) mass is 417 g/mol. The lowest BCUT2D eigenvalue weighted by molar-refractivity contribution is -0.0177. The fourth-order valence-corrected chi connectivity index (χ4v) is 6.44. The van der Waals surface area contributed by atoms with Crippen LogP contribution in [0, 0.1) is 5.41 Å². The molecule has 4 aliphatic rings. The van der Waals surface area contributed by atoms with E-state index in [-0.39, 0.29) is 6.09 Å². The number of nitrogens with zero attached hydrogens (tertiary/aromatic N) is 7. The molecule has 1 aliphatic carbocycles. The second-order valence-electron chi connectivity index (χ2n) is 9.76. The lowest BCUT2D eigenvalue weighted by Gasteiger charge is -2.52. The van der Waals surface area contributed by atoms with Crippen molar-refractivity contribution < 1.29 is 9.53 Å². The summed E-state index contributed by atoms with van der Waals surface area (Å²) < 4.78 is 7.03. The largest absolute Gasteiger partial charge is 0.450 e. The number of aromatic nitrogens is 4. The molecule has 9 nitrogen and oxygen atoms in total. The summed E-state index contributed by atoms with van der Waals surface area (Å²) in [5.74, 6) is 1.02. The number of aryl methyl sites for hydroxylation is 1. The molecule has 0 aromatic carbocycles. The molecule has 1 aromatic heterocycles. The Labute approximate surface area is 178 Å². The molecule has 4 heterocycles. The van der Waals surface area contributed by atoms with Crippen LogP contribution < -0.4 is 0 Å². The summed E-state index contributed by atoms with van der Waals surface area (Å²) in [7, 11) is 1.95. The van der Waals surface area contributed by atoms with Crippen molar-refractivity contribution in [3.05, 3.63) is 5.82 Å². The highest BCUT2D eigenvalue weighted by Gasteiger charge is 2.51. The first-order chi connectivity index (χ1) is 14.6. The van der Waals surface area contributed by atoms with Gasteiger partial charge in [0.25, 0.3) is 0 Å². The van der Waals surface area contributed by atoms with Crippen molar-refractivity contribution in [2.45, 2.75) is 70.0 Å². The van der Waals surface area contributed by atoms with Crippen LogP contribution in [0.5, 0.6) is 0 Å². The molecule has 9 heteroatoms. The number of likely N-dealkylation sites (tertiary alicyclic amines) is 3. The highest BCUT2D eigenvalue weighted by molar-refractivity contribution is 5.68. The summed E-state index contributed by atoms with van der Waals surface area (Å²) in [6.45, 7) is 7.63. The zero-order chi connectivity index (χ0) is 20.7. The molecule has 0 radical (unpaired) electrons. The topological polar surface area (TPSA) is 79.6 Å². The third-order valence-corrected chi connectivity index (χ3v) is 8.03. The first-order valence-corrected chi connectivity index (χ1v) is 11.7. The first kappa shape index (κ1) is 20.2. The Morgan fingerprint density at radius 2 is 1.93 bits per heavy atom. The summed E-state index contributed by atoms with van der Waals surface area (Å²) in [5, 5.41) is 12.2. The van der Waals surface area contributed by atoms with Crippen molar-refractivity contribution >= 4 is 6.09 Å². The molecule has 3 saturated heterocycles. The van der Waals surface area contributed by atoms with Crippen molar-refractivity contribution in [1.82, 2.24) is 34.9 Å². The van der Waals surface area contributed by atoms with Crippen molar-refractivity contribution in [3.8, 4) is 0 Å². The third-order valence-electron chi connectivity index (χ3n) is 8.03. The van der Waals surface area contributed by atoms with E-state index in [1.54, 1.807) is 0 Å². The maximum absolute atomic E-state index is 12.0. The van der Waals surface area contributed by atoms with Crippen LogP contribution in [0.25, 0.3) is 0 Å². The van der Waals surface area contributed by atoms with Crippen LogP contribution in [-0.4, -0.2) is 92.4 Å². The van der Waals surface area contributed by atoms with Gasteiger partial charge in [-0.2, -0.15) is 0 Å². The maximum atomic E-state index is 12.0. The third kappa shape index (κ3) is 3.60. The molecule has 0 N–H and O–H groups in total. The van der Waals surface area contributed by atoms with Gasteiger partial charge in [0.1, 0.15) is 0 Å². The number of rotatable bonds is 4. The Bertz CT molecular complexity index is 754. The number of hydrogen-bond donors (Lipinski definition) is 0. The van der Waals surface area contributed by atoms with Gasteiger partial charge in [-0.3, -0.25) is 4.90 Å². The average Bonchev–Trinajstić information content (AvgIpc) is 3.46. The average molecular weight is 418 g/mol. The van der Waals surface area contributed by atoms with Crippen LogP contribution in [0.3, 0.4) is 0 Å². The molecule has 1 amide bonds. The summed E-state index contributed by atoms with van der Waals surface area (Å²) in [5.41, 5.74) is 0.354. The highest BCUT2D eigenvalue weighted by atomic mass is 16.6. The number of hydrogen-bond acceptors (Lipinski definition) is 7. The zero-order valence-electron chi connectivity index (χ0n) is 18.4. The number of piperidine rings is 1. The van der Waals surface area contributed by atoms with E-state index in [9.17, 15) is 4.79 Å². The summed E-state index contributed by atoms with van der Waals surface area (Å²) in [6.07, 6.45) is 8.36.